The minimum atomic E-state index is -0.0700. The molecule has 0 bridgehead atoms. The van der Waals surface area contributed by atoms with E-state index in [-0.39, 0.29) is 11.7 Å². The molecule has 7 heteroatoms. The fourth-order valence-corrected chi connectivity index (χ4v) is 4.38. The van der Waals surface area contributed by atoms with Crippen LogP contribution in [0.5, 0.6) is 11.5 Å². The molecule has 2 aromatic rings. The van der Waals surface area contributed by atoms with Gasteiger partial charge < -0.3 is 9.84 Å². The second-order valence-electron chi connectivity index (χ2n) is 6.17. The van der Waals surface area contributed by atoms with Crippen molar-refractivity contribution in [2.24, 2.45) is 4.99 Å². The maximum absolute atomic E-state index is 12.8. The van der Waals surface area contributed by atoms with Gasteiger partial charge in [0.2, 0.25) is 0 Å². The van der Waals surface area contributed by atoms with Crippen molar-refractivity contribution in [3.8, 4) is 11.5 Å². The molecule has 2 aromatic carbocycles. The lowest BCUT2D eigenvalue weighted by Crippen LogP contribution is -2.28. The van der Waals surface area contributed by atoms with Gasteiger partial charge in [-0.1, -0.05) is 17.7 Å². The van der Waals surface area contributed by atoms with Crippen molar-refractivity contribution in [3.63, 3.8) is 0 Å². The van der Waals surface area contributed by atoms with Crippen molar-refractivity contribution in [2.75, 3.05) is 13.2 Å². The number of thioether (sulfide) groups is 1. The monoisotopic (exact) mass is 508 g/mol. The van der Waals surface area contributed by atoms with Crippen LogP contribution in [0.15, 0.2) is 46.3 Å². The molecule has 0 aliphatic carbocycles. The number of hydrogen-bond donors (Lipinski definition) is 1. The fourth-order valence-electron chi connectivity index (χ4n) is 2.69. The zero-order chi connectivity index (χ0) is 20.3. The minimum Gasteiger partial charge on any atom is -0.504 e. The van der Waals surface area contributed by atoms with Gasteiger partial charge in [-0.05, 0) is 91.0 Å². The van der Waals surface area contributed by atoms with Gasteiger partial charge in [0.05, 0.1) is 20.8 Å². The van der Waals surface area contributed by atoms with E-state index < -0.39 is 0 Å². The molecule has 0 radical (unpaired) electrons. The van der Waals surface area contributed by atoms with E-state index in [2.05, 4.69) is 27.6 Å². The first-order valence-electron chi connectivity index (χ1n) is 8.95. The van der Waals surface area contributed by atoms with E-state index in [9.17, 15) is 9.90 Å². The topological polar surface area (TPSA) is 62.1 Å². The average molecular weight is 508 g/mol. The Morgan fingerprint density at radius 2 is 1.96 bits per heavy atom. The molecule has 1 aliphatic rings. The third kappa shape index (κ3) is 4.52. The molecule has 5 nitrogen and oxygen atoms in total. The molecule has 1 fully saturated rings. The van der Waals surface area contributed by atoms with Crippen molar-refractivity contribution in [1.29, 1.82) is 0 Å². The summed E-state index contributed by atoms with van der Waals surface area (Å²) in [5, 5.41) is 10.8. The number of benzene rings is 2. The Hall–Kier alpha value is -2.00. The van der Waals surface area contributed by atoms with Crippen molar-refractivity contribution >= 4 is 57.2 Å². The first-order valence-corrected chi connectivity index (χ1v) is 10.8. The first kappa shape index (κ1) is 20.7. The summed E-state index contributed by atoms with van der Waals surface area (Å²) in [6.45, 7) is 6.82. The van der Waals surface area contributed by atoms with Gasteiger partial charge >= 0.3 is 0 Å². The molecular weight excluding hydrogens is 487 g/mol. The Morgan fingerprint density at radius 3 is 2.61 bits per heavy atom. The summed E-state index contributed by atoms with van der Waals surface area (Å²) in [6, 6.07) is 11.5. The first-order chi connectivity index (χ1) is 13.4. The molecular formula is C21H21IN2O3S. The van der Waals surface area contributed by atoms with E-state index in [1.54, 1.807) is 11.0 Å². The van der Waals surface area contributed by atoms with Gasteiger partial charge in [-0.2, -0.15) is 0 Å². The van der Waals surface area contributed by atoms with Gasteiger partial charge in [0, 0.05) is 6.54 Å². The highest BCUT2D eigenvalue weighted by molar-refractivity contribution is 14.1. The van der Waals surface area contributed by atoms with Gasteiger partial charge in [-0.25, -0.2) is 4.99 Å². The molecule has 0 unspecified atom stereocenters. The number of rotatable bonds is 5. The second kappa shape index (κ2) is 9.00. The summed E-state index contributed by atoms with van der Waals surface area (Å²) in [4.78, 5) is 19.7. The molecule has 0 atom stereocenters. The average Bonchev–Trinajstić information content (AvgIpc) is 2.95. The molecule has 3 rings (SSSR count). The number of amidine groups is 1. The standard InChI is InChI=1S/C21H21IN2O3S/c1-4-24-20(26)18(28-21(24)23-15-8-6-13(3)7-9-15)12-14-10-16(22)19(25)17(11-14)27-5-2/h6-12,25H,4-5H2,1-3H3/b18-12+,23-21?. The van der Waals surface area contributed by atoms with Crippen LogP contribution in [0.2, 0.25) is 0 Å². The van der Waals surface area contributed by atoms with Gasteiger partial charge in [0.25, 0.3) is 5.91 Å². The molecule has 1 saturated heterocycles. The third-order valence-electron chi connectivity index (χ3n) is 4.11. The summed E-state index contributed by atoms with van der Waals surface area (Å²) in [5.41, 5.74) is 2.78. The summed E-state index contributed by atoms with van der Waals surface area (Å²) in [7, 11) is 0. The highest BCUT2D eigenvalue weighted by Gasteiger charge is 2.32. The molecule has 146 valence electrons. The van der Waals surface area contributed by atoms with Crippen molar-refractivity contribution in [2.45, 2.75) is 20.8 Å². The van der Waals surface area contributed by atoms with Gasteiger partial charge in [-0.3, -0.25) is 9.69 Å². The minimum absolute atomic E-state index is 0.0700. The molecule has 28 heavy (non-hydrogen) atoms. The van der Waals surface area contributed by atoms with Crippen LogP contribution in [0.25, 0.3) is 6.08 Å². The van der Waals surface area contributed by atoms with Crippen LogP contribution in [0.3, 0.4) is 0 Å². The van der Waals surface area contributed by atoms with Crippen LogP contribution in [-0.2, 0) is 4.79 Å². The van der Waals surface area contributed by atoms with E-state index in [0.29, 0.717) is 32.5 Å². The number of likely N-dealkylation sites (N-methyl/N-ethyl adjacent to an activating group) is 1. The number of phenols is 1. The molecule has 1 amide bonds. The maximum atomic E-state index is 12.8. The number of phenolic OH excluding ortho intramolecular Hbond substituents is 1. The normalized spacial score (nSPS) is 17.0. The molecule has 1 aliphatic heterocycles. The number of aliphatic imine (C=N–C) groups is 1. The lowest BCUT2D eigenvalue weighted by Gasteiger charge is -2.12. The van der Waals surface area contributed by atoms with Gasteiger partial charge in [0.1, 0.15) is 0 Å². The zero-order valence-corrected chi connectivity index (χ0v) is 18.9. The van der Waals surface area contributed by atoms with E-state index in [1.807, 2.05) is 57.2 Å². The fraction of sp³-hybridized carbons (Fsp3) is 0.238. The highest BCUT2D eigenvalue weighted by Crippen LogP contribution is 2.37. The number of halogens is 1. The molecule has 0 spiro atoms. The smallest absolute Gasteiger partial charge is 0.266 e. The molecule has 0 saturated carbocycles. The summed E-state index contributed by atoms with van der Waals surface area (Å²) in [6.07, 6.45) is 1.82. The van der Waals surface area contributed by atoms with Gasteiger partial charge in [0.15, 0.2) is 16.7 Å². The number of nitrogens with zero attached hydrogens (tertiary/aromatic N) is 2. The van der Waals surface area contributed by atoms with E-state index in [4.69, 9.17) is 4.74 Å². The Labute approximate surface area is 182 Å². The highest BCUT2D eigenvalue weighted by atomic mass is 127. The van der Waals surface area contributed by atoms with E-state index in [1.165, 1.54) is 17.3 Å². The number of aromatic hydroxyl groups is 1. The van der Waals surface area contributed by atoms with Crippen LogP contribution in [0.4, 0.5) is 5.69 Å². The quantitative estimate of drug-likeness (QED) is 0.438. The van der Waals surface area contributed by atoms with Crippen molar-refractivity contribution in [1.82, 2.24) is 4.90 Å². The number of ether oxygens (including phenoxy) is 1. The third-order valence-corrected chi connectivity index (χ3v) is 5.94. The zero-order valence-electron chi connectivity index (χ0n) is 15.9. The Kier molecular flexibility index (Phi) is 6.66. The molecule has 1 N–H and O–H groups in total. The van der Waals surface area contributed by atoms with Crippen molar-refractivity contribution in [3.05, 3.63) is 56.0 Å². The SMILES string of the molecule is CCOc1cc(/C=C2/SC(=Nc3ccc(C)cc3)N(CC)C2=O)cc(I)c1O. The summed E-state index contributed by atoms with van der Waals surface area (Å²) in [5.74, 6) is 0.462. The van der Waals surface area contributed by atoms with Crippen LogP contribution >= 0.6 is 34.4 Å². The van der Waals surface area contributed by atoms with Crippen LogP contribution in [-0.4, -0.2) is 34.2 Å². The number of carbonyl (C=O) groups is 1. The van der Waals surface area contributed by atoms with Crippen LogP contribution < -0.4 is 4.74 Å². The molecule has 0 aromatic heterocycles. The Balaban J connectivity index is 1.95. The Morgan fingerprint density at radius 1 is 1.25 bits per heavy atom. The van der Waals surface area contributed by atoms with E-state index >= 15 is 0 Å². The lowest BCUT2D eigenvalue weighted by molar-refractivity contribution is -0.122. The predicted molar refractivity (Wildman–Crippen MR) is 123 cm³/mol. The number of hydrogen-bond acceptors (Lipinski definition) is 5. The largest absolute Gasteiger partial charge is 0.504 e. The van der Waals surface area contributed by atoms with Crippen LogP contribution in [0, 0.1) is 10.5 Å². The Bertz CT molecular complexity index is 955. The van der Waals surface area contributed by atoms with E-state index in [0.717, 1.165) is 11.3 Å². The molecule has 1 heterocycles. The predicted octanol–water partition coefficient (Wildman–Crippen LogP) is 5.33. The summed E-state index contributed by atoms with van der Waals surface area (Å²) < 4.78 is 6.16. The number of carbonyl (C=O) groups excluding carboxylic acids is 1. The van der Waals surface area contributed by atoms with Crippen LogP contribution in [0.1, 0.15) is 25.0 Å². The maximum Gasteiger partial charge on any atom is 0.266 e. The van der Waals surface area contributed by atoms with Crippen molar-refractivity contribution < 1.29 is 14.6 Å². The number of aryl methyl sites for hydroxylation is 1. The second-order valence-corrected chi connectivity index (χ2v) is 8.34. The summed E-state index contributed by atoms with van der Waals surface area (Å²) >= 11 is 3.41. The number of amides is 1. The lowest BCUT2D eigenvalue weighted by atomic mass is 10.2. The van der Waals surface area contributed by atoms with Gasteiger partial charge in [-0.15, -0.1) is 0 Å².